The van der Waals surface area contributed by atoms with Crippen molar-refractivity contribution in [1.82, 2.24) is 0 Å². The van der Waals surface area contributed by atoms with Crippen LogP contribution in [0.25, 0.3) is 0 Å². The monoisotopic (exact) mass is 197 g/mol. The Kier molecular flexibility index (Phi) is 3.02. The van der Waals surface area contributed by atoms with Crippen molar-refractivity contribution in [3.05, 3.63) is 30.3 Å². The van der Waals surface area contributed by atoms with Gasteiger partial charge in [-0.15, -0.1) is 0 Å². The molecule has 0 fully saturated rings. The first kappa shape index (κ1) is 7.34. The fourth-order valence-corrected chi connectivity index (χ4v) is 1.85. The molecule has 0 atom stereocenters. The molecule has 1 aromatic rings. The fourth-order valence-electron chi connectivity index (χ4n) is 0.632. The Morgan fingerprint density at radius 2 is 2.00 bits per heavy atom. The van der Waals surface area contributed by atoms with Crippen LogP contribution in [-0.4, -0.2) is 15.0 Å². The quantitative estimate of drug-likeness (QED) is 0.646. The van der Waals surface area contributed by atoms with Crippen molar-refractivity contribution < 1.29 is 0 Å². The molecule has 0 amide bonds. The van der Waals surface area contributed by atoms with Gasteiger partial charge < -0.3 is 0 Å². The Balaban J connectivity index is 2.52. The molecular weight excluding hydrogens is 189 g/mol. The molecule has 0 heterocycles. The summed E-state index contributed by atoms with van der Waals surface area (Å²) in [6.07, 6.45) is 0. The molecular formula is C8H7NSe. The van der Waals surface area contributed by atoms with E-state index < -0.39 is 0 Å². The van der Waals surface area contributed by atoms with Gasteiger partial charge in [-0.05, 0) is 0 Å². The summed E-state index contributed by atoms with van der Waals surface area (Å²) in [6.45, 7) is 0. The number of nitriles is 1. The third kappa shape index (κ3) is 2.22. The van der Waals surface area contributed by atoms with E-state index in [-0.39, 0.29) is 0 Å². The minimum absolute atomic E-state index is 0.357. The van der Waals surface area contributed by atoms with Crippen molar-refractivity contribution >= 4 is 19.4 Å². The van der Waals surface area contributed by atoms with Crippen LogP contribution in [-0.2, 0) is 0 Å². The molecule has 0 saturated carbocycles. The number of hydrogen-bond acceptors (Lipinski definition) is 1. The minimum atomic E-state index is 0.357. The van der Waals surface area contributed by atoms with E-state index in [0.717, 1.165) is 0 Å². The molecule has 0 saturated heterocycles. The summed E-state index contributed by atoms with van der Waals surface area (Å²) in [5.41, 5.74) is 0. The average Bonchev–Trinajstić information content (AvgIpc) is 2.03. The molecule has 1 rings (SSSR count). The van der Waals surface area contributed by atoms with Crippen molar-refractivity contribution in [1.29, 1.82) is 5.26 Å². The van der Waals surface area contributed by atoms with Crippen LogP contribution in [0.3, 0.4) is 0 Å². The van der Waals surface area contributed by atoms with Gasteiger partial charge in [0.2, 0.25) is 0 Å². The van der Waals surface area contributed by atoms with Crippen molar-refractivity contribution in [2.45, 2.75) is 5.32 Å². The summed E-state index contributed by atoms with van der Waals surface area (Å²) in [5.74, 6) is 0. The maximum atomic E-state index is 8.29. The first-order valence-electron chi connectivity index (χ1n) is 2.98. The summed E-state index contributed by atoms with van der Waals surface area (Å²) < 4.78 is 1.30. The third-order valence-electron chi connectivity index (χ3n) is 1.05. The molecule has 1 aromatic carbocycles. The van der Waals surface area contributed by atoms with Gasteiger partial charge >= 0.3 is 66.4 Å². The molecule has 0 aliphatic rings. The molecule has 2 heteroatoms. The van der Waals surface area contributed by atoms with Crippen molar-refractivity contribution in [3.8, 4) is 6.07 Å². The van der Waals surface area contributed by atoms with Gasteiger partial charge in [-0.2, -0.15) is 0 Å². The standard InChI is InChI=1S/C8H7NSe/c9-6-7-10-8-4-2-1-3-5-8/h1-5H,7H2. The van der Waals surface area contributed by atoms with Gasteiger partial charge in [-0.1, -0.05) is 0 Å². The third-order valence-corrected chi connectivity index (χ3v) is 2.89. The van der Waals surface area contributed by atoms with Crippen LogP contribution in [0, 0.1) is 11.3 Å². The molecule has 0 spiro atoms. The van der Waals surface area contributed by atoms with Gasteiger partial charge in [0.15, 0.2) is 0 Å². The summed E-state index contributed by atoms with van der Waals surface area (Å²) in [4.78, 5) is 0. The zero-order valence-electron chi connectivity index (χ0n) is 5.45. The summed E-state index contributed by atoms with van der Waals surface area (Å²) >= 11 is 0.357. The molecule has 10 heavy (non-hydrogen) atoms. The number of nitrogens with zero attached hydrogens (tertiary/aromatic N) is 1. The SMILES string of the molecule is N#CC[Se]c1ccccc1. The van der Waals surface area contributed by atoms with Crippen molar-refractivity contribution in [2.24, 2.45) is 0 Å². The topological polar surface area (TPSA) is 23.8 Å². The predicted octanol–water partition coefficient (Wildman–Crippen LogP) is 0.958. The van der Waals surface area contributed by atoms with E-state index in [2.05, 4.69) is 18.2 Å². The Morgan fingerprint density at radius 1 is 1.30 bits per heavy atom. The van der Waals surface area contributed by atoms with Gasteiger partial charge in [-0.25, -0.2) is 0 Å². The molecule has 0 aliphatic heterocycles. The molecule has 0 aliphatic carbocycles. The Labute approximate surface area is 66.8 Å². The molecule has 0 bridgehead atoms. The van der Waals surface area contributed by atoms with E-state index in [1.165, 1.54) is 4.46 Å². The van der Waals surface area contributed by atoms with Gasteiger partial charge in [0.05, 0.1) is 0 Å². The molecule has 50 valence electrons. The van der Waals surface area contributed by atoms with E-state index in [1.807, 2.05) is 18.2 Å². The second-order valence-corrected chi connectivity index (χ2v) is 3.96. The zero-order chi connectivity index (χ0) is 7.23. The van der Waals surface area contributed by atoms with E-state index >= 15 is 0 Å². The Morgan fingerprint density at radius 3 is 2.60 bits per heavy atom. The first-order valence-corrected chi connectivity index (χ1v) is 5.05. The van der Waals surface area contributed by atoms with Gasteiger partial charge in [0.1, 0.15) is 0 Å². The van der Waals surface area contributed by atoms with E-state index in [0.29, 0.717) is 20.3 Å². The Bertz CT molecular complexity index is 225. The van der Waals surface area contributed by atoms with Crippen LogP contribution in [0.4, 0.5) is 0 Å². The number of benzene rings is 1. The normalized spacial score (nSPS) is 8.70. The summed E-state index contributed by atoms with van der Waals surface area (Å²) in [7, 11) is 0. The van der Waals surface area contributed by atoms with E-state index in [1.54, 1.807) is 0 Å². The molecule has 0 N–H and O–H groups in total. The molecule has 0 aromatic heterocycles. The van der Waals surface area contributed by atoms with Gasteiger partial charge in [0.25, 0.3) is 0 Å². The Hall–Kier alpha value is -0.771. The fraction of sp³-hybridized carbons (Fsp3) is 0.125. The zero-order valence-corrected chi connectivity index (χ0v) is 7.16. The van der Waals surface area contributed by atoms with Crippen LogP contribution >= 0.6 is 0 Å². The van der Waals surface area contributed by atoms with Crippen LogP contribution < -0.4 is 4.46 Å². The maximum absolute atomic E-state index is 8.29. The summed E-state index contributed by atoms with van der Waals surface area (Å²) in [5, 5.41) is 8.97. The van der Waals surface area contributed by atoms with Crippen LogP contribution in [0.1, 0.15) is 0 Å². The van der Waals surface area contributed by atoms with Gasteiger partial charge in [0, 0.05) is 0 Å². The second-order valence-electron chi connectivity index (χ2n) is 1.76. The van der Waals surface area contributed by atoms with Crippen molar-refractivity contribution in [2.75, 3.05) is 0 Å². The molecule has 0 radical (unpaired) electrons. The first-order chi connectivity index (χ1) is 4.93. The van der Waals surface area contributed by atoms with E-state index in [4.69, 9.17) is 5.26 Å². The molecule has 1 nitrogen and oxygen atoms in total. The predicted molar refractivity (Wildman–Crippen MR) is 42.3 cm³/mol. The average molecular weight is 196 g/mol. The number of hydrogen-bond donors (Lipinski definition) is 0. The van der Waals surface area contributed by atoms with Crippen LogP contribution in [0.15, 0.2) is 30.3 Å². The number of rotatable bonds is 2. The van der Waals surface area contributed by atoms with Crippen LogP contribution in [0.5, 0.6) is 0 Å². The second kappa shape index (κ2) is 4.11. The molecule has 0 unspecified atom stereocenters. The van der Waals surface area contributed by atoms with Crippen molar-refractivity contribution in [3.63, 3.8) is 0 Å². The summed E-state index contributed by atoms with van der Waals surface area (Å²) in [6, 6.07) is 12.3. The van der Waals surface area contributed by atoms with E-state index in [9.17, 15) is 0 Å². The van der Waals surface area contributed by atoms with Gasteiger partial charge in [-0.3, -0.25) is 0 Å². The van der Waals surface area contributed by atoms with Crippen LogP contribution in [0.2, 0.25) is 5.32 Å².